The minimum atomic E-state index is -0.726. The number of rotatable bonds is 6. The quantitative estimate of drug-likeness (QED) is 0.827. The van der Waals surface area contributed by atoms with Gasteiger partial charge in [-0.05, 0) is 36.6 Å². The van der Waals surface area contributed by atoms with E-state index in [1.54, 1.807) is 12.4 Å². The van der Waals surface area contributed by atoms with Gasteiger partial charge >= 0.3 is 5.97 Å². The van der Waals surface area contributed by atoms with Gasteiger partial charge in [-0.1, -0.05) is 30.3 Å². The van der Waals surface area contributed by atoms with Crippen LogP contribution in [0.25, 0.3) is 0 Å². The Morgan fingerprint density at radius 2 is 1.81 bits per heavy atom. The predicted octanol–water partition coefficient (Wildman–Crippen LogP) is 2.33. The molecule has 0 aliphatic rings. The van der Waals surface area contributed by atoms with E-state index in [0.29, 0.717) is 6.42 Å². The van der Waals surface area contributed by atoms with Crippen LogP contribution >= 0.6 is 0 Å². The van der Waals surface area contributed by atoms with Gasteiger partial charge in [0.2, 0.25) is 0 Å². The molecule has 0 aliphatic carbocycles. The van der Waals surface area contributed by atoms with Crippen molar-refractivity contribution in [3.05, 3.63) is 66.0 Å². The van der Waals surface area contributed by atoms with Crippen molar-refractivity contribution in [1.82, 2.24) is 4.98 Å². The summed E-state index contributed by atoms with van der Waals surface area (Å²) in [5.41, 5.74) is 7.07. The van der Waals surface area contributed by atoms with Crippen LogP contribution in [0.2, 0.25) is 0 Å². The van der Waals surface area contributed by atoms with Gasteiger partial charge in [-0.3, -0.25) is 9.78 Å². The Labute approximate surface area is 125 Å². The lowest BCUT2D eigenvalue weighted by Gasteiger charge is -2.25. The molecule has 2 aromatic rings. The zero-order valence-electron chi connectivity index (χ0n) is 12.2. The van der Waals surface area contributed by atoms with E-state index in [9.17, 15) is 4.79 Å². The number of carbonyl (C=O) groups is 1. The van der Waals surface area contributed by atoms with Crippen molar-refractivity contribution in [3.63, 3.8) is 0 Å². The van der Waals surface area contributed by atoms with Crippen LogP contribution in [-0.2, 0) is 22.6 Å². The topological polar surface area (TPSA) is 65.2 Å². The fraction of sp³-hybridized carbons (Fsp3) is 0.294. The Morgan fingerprint density at radius 1 is 1.14 bits per heavy atom. The summed E-state index contributed by atoms with van der Waals surface area (Å²) in [5.74, 6) is -0.273. The first kappa shape index (κ1) is 15.2. The average Bonchev–Trinajstić information content (AvgIpc) is 2.54. The molecule has 1 atom stereocenters. The van der Waals surface area contributed by atoms with Crippen molar-refractivity contribution < 1.29 is 9.53 Å². The van der Waals surface area contributed by atoms with E-state index in [4.69, 9.17) is 10.5 Å². The first-order chi connectivity index (χ1) is 10.1. The molecule has 0 amide bonds. The zero-order valence-corrected chi connectivity index (χ0v) is 12.2. The first-order valence-electron chi connectivity index (χ1n) is 6.94. The van der Waals surface area contributed by atoms with Gasteiger partial charge in [0.15, 0.2) is 0 Å². The Kier molecular flexibility index (Phi) is 5.06. The minimum absolute atomic E-state index is 0.239. The van der Waals surface area contributed by atoms with E-state index in [2.05, 4.69) is 4.98 Å². The fourth-order valence-electron chi connectivity index (χ4n) is 2.08. The van der Waals surface area contributed by atoms with Crippen molar-refractivity contribution in [1.29, 1.82) is 0 Å². The molecule has 1 heterocycles. The second kappa shape index (κ2) is 6.99. The summed E-state index contributed by atoms with van der Waals surface area (Å²) >= 11 is 0. The molecule has 110 valence electrons. The minimum Gasteiger partial charge on any atom is -0.460 e. The van der Waals surface area contributed by atoms with Crippen LogP contribution in [0.1, 0.15) is 18.1 Å². The van der Waals surface area contributed by atoms with E-state index in [0.717, 1.165) is 11.1 Å². The Hall–Kier alpha value is -2.20. The maximum atomic E-state index is 12.4. The third-order valence-corrected chi connectivity index (χ3v) is 3.50. The summed E-state index contributed by atoms with van der Waals surface area (Å²) in [5, 5.41) is 0. The molecule has 0 saturated heterocycles. The van der Waals surface area contributed by atoms with Crippen molar-refractivity contribution in [2.75, 3.05) is 6.54 Å². The summed E-state index contributed by atoms with van der Waals surface area (Å²) in [4.78, 5) is 16.3. The van der Waals surface area contributed by atoms with Gasteiger partial charge in [0.1, 0.15) is 6.61 Å². The van der Waals surface area contributed by atoms with Crippen LogP contribution in [0.5, 0.6) is 0 Å². The normalized spacial score (nSPS) is 13.4. The summed E-state index contributed by atoms with van der Waals surface area (Å²) in [6.45, 7) is 2.34. The second-order valence-electron chi connectivity index (χ2n) is 5.36. The van der Waals surface area contributed by atoms with E-state index in [-0.39, 0.29) is 19.1 Å². The number of nitrogens with two attached hydrogens (primary N) is 1. The number of hydrogen-bond acceptors (Lipinski definition) is 4. The van der Waals surface area contributed by atoms with Crippen LogP contribution < -0.4 is 5.73 Å². The summed E-state index contributed by atoms with van der Waals surface area (Å²) in [6.07, 6.45) is 3.96. The van der Waals surface area contributed by atoms with Crippen molar-refractivity contribution in [2.45, 2.75) is 20.0 Å². The van der Waals surface area contributed by atoms with Crippen LogP contribution in [0.3, 0.4) is 0 Å². The predicted molar refractivity (Wildman–Crippen MR) is 81.3 cm³/mol. The number of esters is 1. The number of pyridine rings is 1. The molecule has 21 heavy (non-hydrogen) atoms. The monoisotopic (exact) mass is 284 g/mol. The first-order valence-corrected chi connectivity index (χ1v) is 6.94. The number of carbonyl (C=O) groups excluding carboxylic acids is 1. The third-order valence-electron chi connectivity index (χ3n) is 3.50. The molecule has 0 saturated carbocycles. The van der Waals surface area contributed by atoms with Gasteiger partial charge in [-0.2, -0.15) is 0 Å². The van der Waals surface area contributed by atoms with Crippen LogP contribution in [0.15, 0.2) is 54.9 Å². The van der Waals surface area contributed by atoms with Gasteiger partial charge in [-0.25, -0.2) is 0 Å². The van der Waals surface area contributed by atoms with Gasteiger partial charge in [0, 0.05) is 18.9 Å². The number of hydrogen-bond donors (Lipinski definition) is 1. The van der Waals surface area contributed by atoms with Gasteiger partial charge in [-0.15, -0.1) is 0 Å². The van der Waals surface area contributed by atoms with Gasteiger partial charge in [0.05, 0.1) is 5.41 Å². The van der Waals surface area contributed by atoms with Crippen molar-refractivity contribution in [2.24, 2.45) is 11.1 Å². The third kappa shape index (κ3) is 4.13. The van der Waals surface area contributed by atoms with Gasteiger partial charge < -0.3 is 10.5 Å². The van der Waals surface area contributed by atoms with Crippen LogP contribution in [0.4, 0.5) is 0 Å². The van der Waals surface area contributed by atoms with E-state index >= 15 is 0 Å². The van der Waals surface area contributed by atoms with Crippen molar-refractivity contribution >= 4 is 5.97 Å². The van der Waals surface area contributed by atoms with Crippen LogP contribution in [-0.4, -0.2) is 17.5 Å². The lowest BCUT2D eigenvalue weighted by atomic mass is 9.84. The molecule has 1 aromatic heterocycles. The fourth-order valence-corrected chi connectivity index (χ4v) is 2.08. The highest BCUT2D eigenvalue weighted by Crippen LogP contribution is 2.23. The highest BCUT2D eigenvalue weighted by atomic mass is 16.5. The average molecular weight is 284 g/mol. The number of nitrogens with zero attached hydrogens (tertiary/aromatic N) is 1. The molecule has 0 aliphatic heterocycles. The summed E-state index contributed by atoms with van der Waals surface area (Å²) in [6, 6.07) is 13.4. The SMILES string of the molecule is CC(CN)(Cc1ccncc1)C(=O)OCc1ccccc1. The molecule has 0 bridgehead atoms. The van der Waals surface area contributed by atoms with E-state index in [1.165, 1.54) is 0 Å². The highest BCUT2D eigenvalue weighted by Gasteiger charge is 2.33. The maximum absolute atomic E-state index is 12.4. The molecule has 0 fully saturated rings. The molecule has 2 N–H and O–H groups in total. The van der Waals surface area contributed by atoms with E-state index < -0.39 is 5.41 Å². The Morgan fingerprint density at radius 3 is 2.43 bits per heavy atom. The second-order valence-corrected chi connectivity index (χ2v) is 5.36. The molecule has 4 heteroatoms. The molecule has 2 rings (SSSR count). The lowest BCUT2D eigenvalue weighted by molar-refractivity contribution is -0.155. The largest absolute Gasteiger partial charge is 0.460 e. The molecule has 0 spiro atoms. The number of ether oxygens (including phenoxy) is 1. The number of benzene rings is 1. The van der Waals surface area contributed by atoms with Crippen molar-refractivity contribution in [3.8, 4) is 0 Å². The molecular weight excluding hydrogens is 264 g/mol. The van der Waals surface area contributed by atoms with E-state index in [1.807, 2.05) is 49.4 Å². The maximum Gasteiger partial charge on any atom is 0.313 e. The molecule has 1 aromatic carbocycles. The summed E-state index contributed by atoms with van der Waals surface area (Å²) < 4.78 is 5.42. The zero-order chi connectivity index (χ0) is 15.1. The molecular formula is C17H20N2O2. The highest BCUT2D eigenvalue weighted by molar-refractivity contribution is 5.77. The summed E-state index contributed by atoms with van der Waals surface area (Å²) in [7, 11) is 0. The van der Waals surface area contributed by atoms with Crippen LogP contribution in [0, 0.1) is 5.41 Å². The standard InChI is InChI=1S/C17H20N2O2/c1-17(13-18,11-14-7-9-19-10-8-14)16(20)21-12-15-5-3-2-4-6-15/h2-10H,11-13,18H2,1H3. The molecule has 0 radical (unpaired) electrons. The number of aromatic nitrogens is 1. The molecule has 1 unspecified atom stereocenters. The Balaban J connectivity index is 2.00. The molecule has 4 nitrogen and oxygen atoms in total. The Bertz CT molecular complexity index is 572. The smallest absolute Gasteiger partial charge is 0.313 e. The van der Waals surface area contributed by atoms with Gasteiger partial charge in [0.25, 0.3) is 0 Å². The lowest BCUT2D eigenvalue weighted by Crippen LogP contribution is -2.39.